The molecule has 28 heavy (non-hydrogen) atoms. The minimum atomic E-state index is 0.147. The molecule has 0 bridgehead atoms. The molecule has 146 valence electrons. The molecule has 0 unspecified atom stereocenters. The summed E-state index contributed by atoms with van der Waals surface area (Å²) in [4.78, 5) is 14.2. The molecule has 2 aromatic carbocycles. The molecule has 1 aliphatic heterocycles. The third kappa shape index (κ3) is 4.08. The smallest absolute Gasteiger partial charge is 0.227 e. The van der Waals surface area contributed by atoms with E-state index in [2.05, 4.69) is 52.4 Å². The Balaban J connectivity index is 1.61. The van der Waals surface area contributed by atoms with E-state index in [-0.39, 0.29) is 12.6 Å². The van der Waals surface area contributed by atoms with Crippen molar-refractivity contribution in [2.75, 3.05) is 49.5 Å². The van der Waals surface area contributed by atoms with Gasteiger partial charge < -0.3 is 15.3 Å². The van der Waals surface area contributed by atoms with Gasteiger partial charge in [-0.15, -0.1) is 0 Å². The van der Waals surface area contributed by atoms with Gasteiger partial charge in [-0.2, -0.15) is 4.98 Å². The van der Waals surface area contributed by atoms with Crippen LogP contribution in [0.4, 0.5) is 11.8 Å². The fraction of sp³-hybridized carbons (Fsp3) is 0.364. The van der Waals surface area contributed by atoms with E-state index in [1.165, 1.54) is 5.56 Å². The zero-order valence-corrected chi connectivity index (χ0v) is 16.3. The topological polar surface area (TPSA) is 64.5 Å². The van der Waals surface area contributed by atoms with Gasteiger partial charge in [-0.25, -0.2) is 4.98 Å². The Hall–Kier alpha value is -2.70. The maximum atomic E-state index is 9.15. The van der Waals surface area contributed by atoms with Crippen LogP contribution in [-0.4, -0.2) is 59.3 Å². The Kier molecular flexibility index (Phi) is 5.69. The summed E-state index contributed by atoms with van der Waals surface area (Å²) in [5, 5.41) is 13.8. The molecule has 2 N–H and O–H groups in total. The van der Waals surface area contributed by atoms with Crippen molar-refractivity contribution in [3.8, 4) is 0 Å². The molecule has 0 aliphatic carbocycles. The second-order valence-electron chi connectivity index (χ2n) is 7.22. The number of aliphatic hydroxyl groups excluding tert-OH is 1. The van der Waals surface area contributed by atoms with Crippen LogP contribution in [-0.2, 0) is 0 Å². The zero-order valence-electron chi connectivity index (χ0n) is 16.3. The van der Waals surface area contributed by atoms with Gasteiger partial charge in [0.1, 0.15) is 5.82 Å². The van der Waals surface area contributed by atoms with E-state index in [1.807, 2.05) is 24.3 Å². The van der Waals surface area contributed by atoms with Gasteiger partial charge in [0.2, 0.25) is 5.95 Å². The lowest BCUT2D eigenvalue weighted by molar-refractivity contribution is 0.188. The standard InChI is InChI=1S/C22H27N5O/c1-17(18-7-3-2-4-8-18)23-21-19-9-5-6-10-20(19)24-22(25-21)27-13-11-26(12-14-27)15-16-28/h2-10,17,28H,11-16H2,1H3,(H,23,24,25)/t17-/m0/s1. The Morgan fingerprint density at radius 3 is 2.43 bits per heavy atom. The number of anilines is 2. The van der Waals surface area contributed by atoms with Crippen molar-refractivity contribution in [2.45, 2.75) is 13.0 Å². The van der Waals surface area contributed by atoms with Gasteiger partial charge in [-0.05, 0) is 24.6 Å². The van der Waals surface area contributed by atoms with Gasteiger partial charge in [-0.1, -0.05) is 42.5 Å². The van der Waals surface area contributed by atoms with Crippen LogP contribution in [0.15, 0.2) is 54.6 Å². The average molecular weight is 377 g/mol. The molecule has 1 atom stereocenters. The maximum absolute atomic E-state index is 9.15. The number of aromatic nitrogens is 2. The summed E-state index contributed by atoms with van der Waals surface area (Å²) in [6.45, 7) is 6.66. The summed E-state index contributed by atoms with van der Waals surface area (Å²) < 4.78 is 0. The van der Waals surface area contributed by atoms with Crippen molar-refractivity contribution < 1.29 is 5.11 Å². The van der Waals surface area contributed by atoms with E-state index in [1.54, 1.807) is 0 Å². The van der Waals surface area contributed by atoms with Gasteiger partial charge in [-0.3, -0.25) is 4.90 Å². The highest BCUT2D eigenvalue weighted by Crippen LogP contribution is 2.27. The van der Waals surface area contributed by atoms with Crippen LogP contribution in [0, 0.1) is 0 Å². The van der Waals surface area contributed by atoms with Crippen molar-refractivity contribution in [2.24, 2.45) is 0 Å². The van der Waals surface area contributed by atoms with E-state index in [9.17, 15) is 0 Å². The predicted octanol–water partition coefficient (Wildman–Crippen LogP) is 2.92. The molecule has 1 aromatic heterocycles. The molecular formula is C22H27N5O. The van der Waals surface area contributed by atoms with Crippen LogP contribution in [0.2, 0.25) is 0 Å². The van der Waals surface area contributed by atoms with E-state index < -0.39 is 0 Å². The molecule has 1 fully saturated rings. The minimum absolute atomic E-state index is 0.147. The highest BCUT2D eigenvalue weighted by Gasteiger charge is 2.20. The molecule has 3 aromatic rings. The fourth-order valence-electron chi connectivity index (χ4n) is 3.66. The lowest BCUT2D eigenvalue weighted by Gasteiger charge is -2.34. The van der Waals surface area contributed by atoms with Crippen LogP contribution in [0.1, 0.15) is 18.5 Å². The first-order valence-corrected chi connectivity index (χ1v) is 9.91. The van der Waals surface area contributed by atoms with Gasteiger partial charge >= 0.3 is 0 Å². The number of fused-ring (bicyclic) bond motifs is 1. The number of piperazine rings is 1. The predicted molar refractivity (Wildman–Crippen MR) is 114 cm³/mol. The second-order valence-corrected chi connectivity index (χ2v) is 7.22. The maximum Gasteiger partial charge on any atom is 0.227 e. The summed E-state index contributed by atoms with van der Waals surface area (Å²) in [5.74, 6) is 1.64. The van der Waals surface area contributed by atoms with Crippen LogP contribution in [0.5, 0.6) is 0 Å². The molecule has 1 saturated heterocycles. The summed E-state index contributed by atoms with van der Waals surface area (Å²) >= 11 is 0. The number of nitrogens with zero attached hydrogens (tertiary/aromatic N) is 4. The highest BCUT2D eigenvalue weighted by atomic mass is 16.3. The molecule has 6 heteroatoms. The molecule has 0 amide bonds. The number of hydrogen-bond acceptors (Lipinski definition) is 6. The number of rotatable bonds is 6. The van der Waals surface area contributed by atoms with Gasteiger partial charge in [0.05, 0.1) is 12.1 Å². The number of β-amino-alcohol motifs (C(OH)–C–C–N with tert-alkyl or cyclic N) is 1. The van der Waals surface area contributed by atoms with E-state index in [0.29, 0.717) is 0 Å². The lowest BCUT2D eigenvalue weighted by atomic mass is 10.1. The van der Waals surface area contributed by atoms with Crippen molar-refractivity contribution in [1.29, 1.82) is 0 Å². The fourth-order valence-corrected chi connectivity index (χ4v) is 3.66. The van der Waals surface area contributed by atoms with Crippen LogP contribution in [0.3, 0.4) is 0 Å². The Labute approximate surface area is 165 Å². The van der Waals surface area contributed by atoms with Crippen molar-refractivity contribution in [3.63, 3.8) is 0 Å². The Bertz CT molecular complexity index is 909. The van der Waals surface area contributed by atoms with E-state index in [0.717, 1.165) is 55.4 Å². The van der Waals surface area contributed by atoms with Crippen molar-refractivity contribution >= 4 is 22.7 Å². The molecule has 0 spiro atoms. The number of nitrogens with one attached hydrogen (secondary N) is 1. The van der Waals surface area contributed by atoms with Gasteiger partial charge in [0, 0.05) is 44.2 Å². The second kappa shape index (κ2) is 8.54. The number of hydrogen-bond donors (Lipinski definition) is 2. The summed E-state index contributed by atoms with van der Waals surface area (Å²) in [5.41, 5.74) is 2.18. The molecule has 4 rings (SSSR count). The van der Waals surface area contributed by atoms with E-state index >= 15 is 0 Å². The lowest BCUT2D eigenvalue weighted by Crippen LogP contribution is -2.47. The minimum Gasteiger partial charge on any atom is -0.395 e. The van der Waals surface area contributed by atoms with Crippen LogP contribution in [0.25, 0.3) is 10.9 Å². The molecular weight excluding hydrogens is 350 g/mol. The summed E-state index contributed by atoms with van der Waals surface area (Å²) in [6, 6.07) is 18.7. The third-order valence-electron chi connectivity index (χ3n) is 5.32. The molecule has 1 aliphatic rings. The molecule has 0 saturated carbocycles. The first kappa shape index (κ1) is 18.7. The number of para-hydroxylation sites is 1. The molecule has 6 nitrogen and oxygen atoms in total. The Morgan fingerprint density at radius 1 is 0.964 bits per heavy atom. The molecule has 2 heterocycles. The van der Waals surface area contributed by atoms with Crippen LogP contribution >= 0.6 is 0 Å². The van der Waals surface area contributed by atoms with Crippen molar-refractivity contribution in [3.05, 3.63) is 60.2 Å². The SMILES string of the molecule is C[C@H](Nc1nc(N2CCN(CCO)CC2)nc2ccccc12)c1ccccc1. The van der Waals surface area contributed by atoms with Gasteiger partial charge in [0.15, 0.2) is 0 Å². The summed E-state index contributed by atoms with van der Waals surface area (Å²) in [7, 11) is 0. The monoisotopic (exact) mass is 377 g/mol. The quantitative estimate of drug-likeness (QED) is 0.689. The first-order chi connectivity index (χ1) is 13.7. The first-order valence-electron chi connectivity index (χ1n) is 9.91. The van der Waals surface area contributed by atoms with E-state index in [4.69, 9.17) is 15.1 Å². The molecule has 0 radical (unpaired) electrons. The van der Waals surface area contributed by atoms with Crippen LogP contribution < -0.4 is 10.2 Å². The number of benzene rings is 2. The number of aliphatic hydroxyl groups is 1. The van der Waals surface area contributed by atoms with Gasteiger partial charge in [0.25, 0.3) is 0 Å². The summed E-state index contributed by atoms with van der Waals surface area (Å²) in [6.07, 6.45) is 0. The zero-order chi connectivity index (χ0) is 19.3. The normalized spacial score (nSPS) is 16.3. The largest absolute Gasteiger partial charge is 0.395 e. The van der Waals surface area contributed by atoms with Crippen molar-refractivity contribution in [1.82, 2.24) is 14.9 Å². The Morgan fingerprint density at radius 2 is 1.68 bits per heavy atom. The highest BCUT2D eigenvalue weighted by molar-refractivity contribution is 5.90. The third-order valence-corrected chi connectivity index (χ3v) is 5.32. The average Bonchev–Trinajstić information content (AvgIpc) is 2.75.